The first-order valence-electron chi connectivity index (χ1n) is 5.90. The van der Waals surface area contributed by atoms with Gasteiger partial charge in [-0.15, -0.1) is 0 Å². The van der Waals surface area contributed by atoms with Crippen molar-refractivity contribution in [3.63, 3.8) is 0 Å². The van der Waals surface area contributed by atoms with Crippen LogP contribution >= 0.6 is 0 Å². The Bertz CT molecular complexity index is 558. The largest absolute Gasteiger partial charge is 0.308 e. The number of nitrogens with zero attached hydrogens (tertiary/aromatic N) is 4. The lowest BCUT2D eigenvalue weighted by molar-refractivity contribution is 0.738. The van der Waals surface area contributed by atoms with Gasteiger partial charge in [0.1, 0.15) is 11.6 Å². The minimum absolute atomic E-state index is 0.230. The van der Waals surface area contributed by atoms with E-state index in [0.29, 0.717) is 5.82 Å². The number of aryl methyl sites for hydroxylation is 1. The van der Waals surface area contributed by atoms with E-state index in [1.807, 2.05) is 40.0 Å². The summed E-state index contributed by atoms with van der Waals surface area (Å²) in [6.07, 6.45) is 1.88. The summed E-state index contributed by atoms with van der Waals surface area (Å²) in [4.78, 5) is 8.95. The molecule has 0 aliphatic carbocycles. The van der Waals surface area contributed by atoms with Crippen LogP contribution in [0.5, 0.6) is 0 Å². The molecule has 2 aromatic rings. The standard InChI is InChI=1S/C12H18N6/c1-7(2)10-14-11(16-13)9(4)12(15-10)18-6-5-8(3)17-18/h5-7H,13H2,1-4H3,(H,14,15,16). The van der Waals surface area contributed by atoms with Gasteiger partial charge in [-0.25, -0.2) is 20.5 Å². The number of nitrogens with two attached hydrogens (primary N) is 1. The zero-order valence-electron chi connectivity index (χ0n) is 11.1. The maximum Gasteiger partial charge on any atom is 0.162 e. The summed E-state index contributed by atoms with van der Waals surface area (Å²) in [5, 5.41) is 4.38. The lowest BCUT2D eigenvalue weighted by Gasteiger charge is -2.13. The summed E-state index contributed by atoms with van der Waals surface area (Å²) in [6, 6.07) is 1.94. The average Bonchev–Trinajstić information content (AvgIpc) is 2.75. The fourth-order valence-corrected chi connectivity index (χ4v) is 1.68. The normalized spacial score (nSPS) is 11.0. The molecule has 0 bridgehead atoms. The van der Waals surface area contributed by atoms with Crippen LogP contribution in [0.1, 0.15) is 36.8 Å². The molecule has 96 valence electrons. The fraction of sp³-hybridized carbons (Fsp3) is 0.417. The van der Waals surface area contributed by atoms with Gasteiger partial charge in [0.2, 0.25) is 0 Å². The van der Waals surface area contributed by atoms with Crippen LogP contribution in [-0.4, -0.2) is 19.7 Å². The molecule has 0 radical (unpaired) electrons. The van der Waals surface area contributed by atoms with E-state index in [9.17, 15) is 0 Å². The van der Waals surface area contributed by atoms with Crippen molar-refractivity contribution in [2.45, 2.75) is 33.6 Å². The van der Waals surface area contributed by atoms with Gasteiger partial charge < -0.3 is 5.43 Å². The van der Waals surface area contributed by atoms with Crippen LogP contribution in [-0.2, 0) is 0 Å². The molecule has 2 rings (SSSR count). The van der Waals surface area contributed by atoms with Crippen molar-refractivity contribution in [2.24, 2.45) is 5.84 Å². The van der Waals surface area contributed by atoms with Crippen molar-refractivity contribution in [1.82, 2.24) is 19.7 Å². The number of anilines is 1. The highest BCUT2D eigenvalue weighted by Crippen LogP contribution is 2.21. The predicted octanol–water partition coefficient (Wildman–Crippen LogP) is 1.69. The van der Waals surface area contributed by atoms with E-state index < -0.39 is 0 Å². The molecule has 0 aliphatic rings. The zero-order valence-corrected chi connectivity index (χ0v) is 11.1. The summed E-state index contributed by atoms with van der Waals surface area (Å²) in [7, 11) is 0. The summed E-state index contributed by atoms with van der Waals surface area (Å²) in [5.74, 6) is 7.87. The molecule has 0 aromatic carbocycles. The highest BCUT2D eigenvalue weighted by atomic mass is 15.3. The van der Waals surface area contributed by atoms with Crippen LogP contribution in [0.15, 0.2) is 12.3 Å². The van der Waals surface area contributed by atoms with Crippen molar-refractivity contribution < 1.29 is 0 Å². The summed E-state index contributed by atoms with van der Waals surface area (Å²) >= 11 is 0. The van der Waals surface area contributed by atoms with Crippen LogP contribution in [0.4, 0.5) is 5.82 Å². The first-order chi connectivity index (χ1) is 8.52. The average molecular weight is 246 g/mol. The Hall–Kier alpha value is -1.95. The molecule has 0 fully saturated rings. The van der Waals surface area contributed by atoms with E-state index in [1.165, 1.54) is 0 Å². The van der Waals surface area contributed by atoms with Gasteiger partial charge in [0.15, 0.2) is 5.82 Å². The topological polar surface area (TPSA) is 81.7 Å². The molecule has 2 heterocycles. The highest BCUT2D eigenvalue weighted by molar-refractivity contribution is 5.50. The molecule has 0 spiro atoms. The van der Waals surface area contributed by atoms with Gasteiger partial charge in [0.05, 0.1) is 5.69 Å². The fourth-order valence-electron chi connectivity index (χ4n) is 1.68. The predicted molar refractivity (Wildman–Crippen MR) is 70.5 cm³/mol. The molecule has 0 amide bonds. The quantitative estimate of drug-likeness (QED) is 0.636. The third-order valence-electron chi connectivity index (χ3n) is 2.73. The molecule has 3 N–H and O–H groups in total. The van der Waals surface area contributed by atoms with E-state index >= 15 is 0 Å². The Morgan fingerprint density at radius 3 is 2.50 bits per heavy atom. The second kappa shape index (κ2) is 4.73. The van der Waals surface area contributed by atoms with Crippen LogP contribution < -0.4 is 11.3 Å². The lowest BCUT2D eigenvalue weighted by atomic mass is 10.2. The summed E-state index contributed by atoms with van der Waals surface area (Å²) < 4.78 is 1.75. The van der Waals surface area contributed by atoms with E-state index in [-0.39, 0.29) is 5.92 Å². The number of aromatic nitrogens is 4. The third kappa shape index (κ3) is 2.19. The van der Waals surface area contributed by atoms with Gasteiger partial charge in [-0.1, -0.05) is 13.8 Å². The van der Waals surface area contributed by atoms with E-state index in [1.54, 1.807) is 4.68 Å². The molecule has 0 aliphatic heterocycles. The first kappa shape index (κ1) is 12.5. The Kier molecular flexibility index (Phi) is 3.29. The molecule has 6 heteroatoms. The van der Waals surface area contributed by atoms with Crippen LogP contribution in [0.2, 0.25) is 0 Å². The molecule has 0 unspecified atom stereocenters. The number of hydrazine groups is 1. The highest BCUT2D eigenvalue weighted by Gasteiger charge is 2.14. The van der Waals surface area contributed by atoms with Crippen molar-refractivity contribution in [1.29, 1.82) is 0 Å². The van der Waals surface area contributed by atoms with E-state index in [2.05, 4.69) is 20.5 Å². The molecular weight excluding hydrogens is 228 g/mol. The van der Waals surface area contributed by atoms with Crippen LogP contribution in [0.3, 0.4) is 0 Å². The molecular formula is C12H18N6. The summed E-state index contributed by atoms with van der Waals surface area (Å²) in [6.45, 7) is 7.95. The Morgan fingerprint density at radius 2 is 2.00 bits per heavy atom. The number of hydrogen-bond acceptors (Lipinski definition) is 5. The molecule has 18 heavy (non-hydrogen) atoms. The Morgan fingerprint density at radius 1 is 1.28 bits per heavy atom. The number of nitrogens with one attached hydrogen (secondary N) is 1. The smallest absolute Gasteiger partial charge is 0.162 e. The maximum absolute atomic E-state index is 5.50. The first-order valence-corrected chi connectivity index (χ1v) is 5.90. The van der Waals surface area contributed by atoms with Crippen molar-refractivity contribution >= 4 is 5.82 Å². The maximum atomic E-state index is 5.50. The SMILES string of the molecule is Cc1ccn(-c2nc(C(C)C)nc(NN)c2C)n1. The van der Waals surface area contributed by atoms with Gasteiger partial charge in [0.25, 0.3) is 0 Å². The van der Waals surface area contributed by atoms with Gasteiger partial charge in [-0.05, 0) is 19.9 Å². The molecule has 6 nitrogen and oxygen atoms in total. The van der Waals surface area contributed by atoms with E-state index in [4.69, 9.17) is 5.84 Å². The Balaban J connectivity index is 2.61. The second-order valence-corrected chi connectivity index (χ2v) is 4.58. The van der Waals surface area contributed by atoms with Crippen LogP contribution in [0, 0.1) is 13.8 Å². The van der Waals surface area contributed by atoms with Crippen molar-refractivity contribution in [2.75, 3.05) is 5.43 Å². The monoisotopic (exact) mass is 246 g/mol. The van der Waals surface area contributed by atoms with Gasteiger partial charge in [0, 0.05) is 17.7 Å². The second-order valence-electron chi connectivity index (χ2n) is 4.58. The summed E-state index contributed by atoms with van der Waals surface area (Å²) in [5.41, 5.74) is 4.44. The minimum atomic E-state index is 0.230. The zero-order chi connectivity index (χ0) is 13.3. The molecule has 2 aromatic heterocycles. The number of hydrogen-bond donors (Lipinski definition) is 2. The molecule has 0 saturated heterocycles. The van der Waals surface area contributed by atoms with Gasteiger partial charge >= 0.3 is 0 Å². The van der Waals surface area contributed by atoms with Gasteiger partial charge in [-0.3, -0.25) is 0 Å². The Labute approximate surface area is 106 Å². The van der Waals surface area contributed by atoms with Crippen molar-refractivity contribution in [3.05, 3.63) is 29.3 Å². The van der Waals surface area contributed by atoms with E-state index in [0.717, 1.165) is 22.9 Å². The van der Waals surface area contributed by atoms with Gasteiger partial charge in [-0.2, -0.15) is 5.10 Å². The molecule has 0 saturated carbocycles. The number of rotatable bonds is 3. The molecule has 0 atom stereocenters. The lowest BCUT2D eigenvalue weighted by Crippen LogP contribution is -2.16. The van der Waals surface area contributed by atoms with Crippen LogP contribution in [0.25, 0.3) is 5.82 Å². The van der Waals surface area contributed by atoms with Crippen molar-refractivity contribution in [3.8, 4) is 5.82 Å². The number of nitrogen functional groups attached to an aromatic ring is 1. The minimum Gasteiger partial charge on any atom is -0.308 e. The third-order valence-corrected chi connectivity index (χ3v) is 2.73.